The van der Waals surface area contributed by atoms with E-state index in [0.29, 0.717) is 12.1 Å². The van der Waals surface area contributed by atoms with Crippen LogP contribution in [-0.2, 0) is 0 Å². The molecule has 1 saturated heterocycles. The van der Waals surface area contributed by atoms with Gasteiger partial charge in [0.15, 0.2) is 0 Å². The summed E-state index contributed by atoms with van der Waals surface area (Å²) < 4.78 is 0. The summed E-state index contributed by atoms with van der Waals surface area (Å²) in [5, 5.41) is 3.58. The maximum atomic E-state index is 3.58. The average Bonchev–Trinajstić information content (AvgIpc) is 2.17. The van der Waals surface area contributed by atoms with Gasteiger partial charge in [0.2, 0.25) is 0 Å². The first-order valence-corrected chi connectivity index (χ1v) is 6.59. The van der Waals surface area contributed by atoms with Crippen LogP contribution in [0.3, 0.4) is 0 Å². The average molecular weight is 227 g/mol. The normalized spacial score (nSPS) is 25.3. The smallest absolute Gasteiger partial charge is 0.0255 e. The predicted octanol–water partition coefficient (Wildman–Crippen LogP) is 1.26. The lowest BCUT2D eigenvalue weighted by atomic mass is 9.90. The zero-order valence-corrected chi connectivity index (χ0v) is 11.7. The van der Waals surface area contributed by atoms with E-state index in [1.807, 2.05) is 0 Å². The molecule has 0 saturated carbocycles. The van der Waals surface area contributed by atoms with Crippen molar-refractivity contribution in [3.63, 3.8) is 0 Å². The SMILES string of the molecule is CC(C)NCC(C1CCCN(C)C1)N(C)C. The first kappa shape index (κ1) is 13.9. The maximum Gasteiger partial charge on any atom is 0.0255 e. The van der Waals surface area contributed by atoms with Gasteiger partial charge in [0.25, 0.3) is 0 Å². The number of likely N-dealkylation sites (tertiary alicyclic amines) is 1. The lowest BCUT2D eigenvalue weighted by Crippen LogP contribution is -2.49. The monoisotopic (exact) mass is 227 g/mol. The van der Waals surface area contributed by atoms with E-state index >= 15 is 0 Å². The third-order valence-electron chi connectivity index (χ3n) is 3.60. The Morgan fingerprint density at radius 3 is 2.56 bits per heavy atom. The second-order valence-corrected chi connectivity index (χ2v) is 5.76. The first-order chi connectivity index (χ1) is 7.50. The fourth-order valence-electron chi connectivity index (χ4n) is 2.65. The Hall–Kier alpha value is -0.120. The molecule has 2 unspecified atom stereocenters. The number of hydrogen-bond acceptors (Lipinski definition) is 3. The fraction of sp³-hybridized carbons (Fsp3) is 1.00. The summed E-state index contributed by atoms with van der Waals surface area (Å²) in [4.78, 5) is 4.86. The van der Waals surface area contributed by atoms with Crippen molar-refractivity contribution in [3.8, 4) is 0 Å². The molecule has 3 heteroatoms. The van der Waals surface area contributed by atoms with E-state index in [1.165, 1.54) is 25.9 Å². The molecule has 0 bridgehead atoms. The van der Waals surface area contributed by atoms with Crippen molar-refractivity contribution < 1.29 is 0 Å². The number of hydrogen-bond donors (Lipinski definition) is 1. The van der Waals surface area contributed by atoms with Gasteiger partial charge in [-0.3, -0.25) is 0 Å². The van der Waals surface area contributed by atoms with Crippen LogP contribution in [0, 0.1) is 5.92 Å². The summed E-state index contributed by atoms with van der Waals surface area (Å²) >= 11 is 0. The van der Waals surface area contributed by atoms with Crippen molar-refractivity contribution >= 4 is 0 Å². The molecule has 0 aromatic heterocycles. The van der Waals surface area contributed by atoms with Crippen molar-refractivity contribution in [2.45, 2.75) is 38.8 Å². The Balaban J connectivity index is 2.48. The number of rotatable bonds is 5. The molecule has 16 heavy (non-hydrogen) atoms. The summed E-state index contributed by atoms with van der Waals surface area (Å²) in [7, 11) is 6.66. The minimum Gasteiger partial charge on any atom is -0.313 e. The molecular formula is C13H29N3. The molecule has 1 aliphatic heterocycles. The summed E-state index contributed by atoms with van der Waals surface area (Å²) in [6.07, 6.45) is 2.74. The van der Waals surface area contributed by atoms with Crippen molar-refractivity contribution in [2.24, 2.45) is 5.92 Å². The fourth-order valence-corrected chi connectivity index (χ4v) is 2.65. The van der Waals surface area contributed by atoms with Gasteiger partial charge in [-0.1, -0.05) is 13.8 Å². The minimum absolute atomic E-state index is 0.587. The molecule has 0 radical (unpaired) electrons. The lowest BCUT2D eigenvalue weighted by Gasteiger charge is -2.38. The van der Waals surface area contributed by atoms with Crippen molar-refractivity contribution in [3.05, 3.63) is 0 Å². The number of nitrogens with zero attached hydrogens (tertiary/aromatic N) is 2. The van der Waals surface area contributed by atoms with Crippen molar-refractivity contribution in [1.29, 1.82) is 0 Å². The van der Waals surface area contributed by atoms with Gasteiger partial charge in [-0.25, -0.2) is 0 Å². The molecule has 2 atom stereocenters. The molecule has 0 aromatic carbocycles. The van der Waals surface area contributed by atoms with Gasteiger partial charge in [0, 0.05) is 25.2 Å². The summed E-state index contributed by atoms with van der Waals surface area (Å²) in [5.41, 5.74) is 0. The first-order valence-electron chi connectivity index (χ1n) is 6.59. The van der Waals surface area contributed by atoms with Crippen LogP contribution in [0.4, 0.5) is 0 Å². The quantitative estimate of drug-likeness (QED) is 0.763. The highest BCUT2D eigenvalue weighted by Crippen LogP contribution is 2.21. The molecular weight excluding hydrogens is 198 g/mol. The van der Waals surface area contributed by atoms with Crippen molar-refractivity contribution in [2.75, 3.05) is 40.8 Å². The van der Waals surface area contributed by atoms with Crippen LogP contribution in [0.1, 0.15) is 26.7 Å². The Labute approximate surface area is 101 Å². The zero-order chi connectivity index (χ0) is 12.1. The van der Waals surface area contributed by atoms with Crippen LogP contribution in [0.2, 0.25) is 0 Å². The summed E-state index contributed by atoms with van der Waals surface area (Å²) in [5.74, 6) is 0.819. The van der Waals surface area contributed by atoms with E-state index in [9.17, 15) is 0 Å². The molecule has 0 spiro atoms. The van der Waals surface area contributed by atoms with E-state index in [1.54, 1.807) is 0 Å². The van der Waals surface area contributed by atoms with Crippen LogP contribution < -0.4 is 5.32 Å². The third kappa shape index (κ3) is 4.40. The molecule has 96 valence electrons. The largest absolute Gasteiger partial charge is 0.313 e. The van der Waals surface area contributed by atoms with Gasteiger partial charge in [-0.05, 0) is 46.4 Å². The summed E-state index contributed by atoms with van der Waals surface area (Å²) in [6.45, 7) is 8.08. The number of nitrogens with one attached hydrogen (secondary N) is 1. The number of likely N-dealkylation sites (N-methyl/N-ethyl adjacent to an activating group) is 1. The molecule has 1 heterocycles. The molecule has 0 aliphatic carbocycles. The highest BCUT2D eigenvalue weighted by Gasteiger charge is 2.27. The van der Waals surface area contributed by atoms with Crippen LogP contribution in [0.25, 0.3) is 0 Å². The van der Waals surface area contributed by atoms with Gasteiger partial charge in [-0.2, -0.15) is 0 Å². The topological polar surface area (TPSA) is 18.5 Å². The molecule has 0 amide bonds. The van der Waals surface area contributed by atoms with Gasteiger partial charge >= 0.3 is 0 Å². The standard InChI is InChI=1S/C13H29N3/c1-11(2)14-9-13(15(3)4)12-7-6-8-16(5)10-12/h11-14H,6-10H2,1-5H3. The van der Waals surface area contributed by atoms with E-state index in [4.69, 9.17) is 0 Å². The highest BCUT2D eigenvalue weighted by atomic mass is 15.2. The Bertz CT molecular complexity index is 192. The van der Waals surface area contributed by atoms with E-state index in [2.05, 4.69) is 50.1 Å². The van der Waals surface area contributed by atoms with Gasteiger partial charge in [0.05, 0.1) is 0 Å². The highest BCUT2D eigenvalue weighted by molar-refractivity contribution is 4.83. The molecule has 0 aromatic rings. The molecule has 1 rings (SSSR count). The zero-order valence-electron chi connectivity index (χ0n) is 11.7. The molecule has 1 fully saturated rings. The predicted molar refractivity (Wildman–Crippen MR) is 70.8 cm³/mol. The van der Waals surface area contributed by atoms with E-state index in [-0.39, 0.29) is 0 Å². The second kappa shape index (κ2) is 6.58. The van der Waals surface area contributed by atoms with Crippen LogP contribution in [0.5, 0.6) is 0 Å². The molecule has 3 nitrogen and oxygen atoms in total. The van der Waals surface area contributed by atoms with Crippen LogP contribution in [-0.4, -0.2) is 62.7 Å². The number of piperidine rings is 1. The van der Waals surface area contributed by atoms with Crippen LogP contribution in [0.15, 0.2) is 0 Å². The maximum absolute atomic E-state index is 3.58. The van der Waals surface area contributed by atoms with Crippen molar-refractivity contribution in [1.82, 2.24) is 15.1 Å². The molecule has 1 aliphatic rings. The van der Waals surface area contributed by atoms with E-state index in [0.717, 1.165) is 12.5 Å². The lowest BCUT2D eigenvalue weighted by molar-refractivity contribution is 0.119. The second-order valence-electron chi connectivity index (χ2n) is 5.76. The van der Waals surface area contributed by atoms with Gasteiger partial charge < -0.3 is 15.1 Å². The Kier molecular flexibility index (Phi) is 5.73. The third-order valence-corrected chi connectivity index (χ3v) is 3.60. The summed E-state index contributed by atoms with van der Waals surface area (Å²) in [6, 6.07) is 1.26. The van der Waals surface area contributed by atoms with Crippen LogP contribution >= 0.6 is 0 Å². The Morgan fingerprint density at radius 1 is 1.38 bits per heavy atom. The minimum atomic E-state index is 0.587. The van der Waals surface area contributed by atoms with Gasteiger partial charge in [-0.15, -0.1) is 0 Å². The van der Waals surface area contributed by atoms with Gasteiger partial charge in [0.1, 0.15) is 0 Å². The Morgan fingerprint density at radius 2 is 2.06 bits per heavy atom. The van der Waals surface area contributed by atoms with E-state index < -0.39 is 0 Å². The molecule has 1 N–H and O–H groups in total.